The number of carbonyl (C=O) groups is 1. The number of aliphatic imine (C=N–C) groups is 1. The molecule has 1 unspecified atom stereocenters. The molecule has 0 spiro atoms. The molecule has 1 aromatic carbocycles. The van der Waals surface area contributed by atoms with E-state index in [1.165, 1.54) is 12.7 Å². The molecular formula is C16H24ClN3O2. The number of nitrogens with zero attached hydrogens (tertiary/aromatic N) is 1. The lowest BCUT2D eigenvalue weighted by molar-refractivity contribution is -0.144. The molecule has 0 heterocycles. The van der Waals surface area contributed by atoms with Crippen LogP contribution >= 0.6 is 11.6 Å². The lowest BCUT2D eigenvalue weighted by Crippen LogP contribution is -2.38. The van der Waals surface area contributed by atoms with Crippen molar-refractivity contribution >= 4 is 23.5 Å². The Kier molecular flexibility index (Phi) is 8.36. The molecule has 0 aliphatic heterocycles. The van der Waals surface area contributed by atoms with Crippen molar-refractivity contribution in [2.24, 2.45) is 10.9 Å². The second kappa shape index (κ2) is 10.1. The van der Waals surface area contributed by atoms with Gasteiger partial charge in [0, 0.05) is 18.1 Å². The fraction of sp³-hybridized carbons (Fsp3) is 0.500. The lowest BCUT2D eigenvalue weighted by Gasteiger charge is -2.12. The summed E-state index contributed by atoms with van der Waals surface area (Å²) in [4.78, 5) is 15.8. The summed E-state index contributed by atoms with van der Waals surface area (Å²) in [5, 5.41) is 7.14. The molecule has 1 rings (SSSR count). The van der Waals surface area contributed by atoms with Crippen molar-refractivity contribution in [2.45, 2.75) is 20.3 Å². The van der Waals surface area contributed by atoms with Crippen LogP contribution in [0.1, 0.15) is 19.4 Å². The first-order valence-corrected chi connectivity index (χ1v) is 7.79. The van der Waals surface area contributed by atoms with Crippen LogP contribution in [0.5, 0.6) is 0 Å². The molecule has 6 heteroatoms. The average molecular weight is 326 g/mol. The predicted octanol–water partition coefficient (Wildman–Crippen LogP) is 2.25. The molecule has 5 nitrogen and oxygen atoms in total. The van der Waals surface area contributed by atoms with E-state index in [4.69, 9.17) is 16.3 Å². The zero-order chi connectivity index (χ0) is 16.4. The Morgan fingerprint density at radius 1 is 1.41 bits per heavy atom. The van der Waals surface area contributed by atoms with Crippen molar-refractivity contribution in [2.75, 3.05) is 26.7 Å². The molecule has 0 bridgehead atoms. The Morgan fingerprint density at radius 3 is 2.82 bits per heavy atom. The number of halogens is 1. The monoisotopic (exact) mass is 325 g/mol. The number of hydrogen-bond donors (Lipinski definition) is 2. The summed E-state index contributed by atoms with van der Waals surface area (Å²) in [6, 6.07) is 7.79. The van der Waals surface area contributed by atoms with Gasteiger partial charge in [-0.05, 0) is 31.0 Å². The smallest absolute Gasteiger partial charge is 0.310 e. The van der Waals surface area contributed by atoms with Gasteiger partial charge >= 0.3 is 5.97 Å². The molecule has 0 radical (unpaired) electrons. The molecule has 1 aromatic rings. The maximum absolute atomic E-state index is 11.4. The third-order valence-corrected chi connectivity index (χ3v) is 3.30. The molecule has 122 valence electrons. The molecule has 1 atom stereocenters. The van der Waals surface area contributed by atoms with Gasteiger partial charge in [0.1, 0.15) is 0 Å². The molecule has 0 saturated carbocycles. The Hall–Kier alpha value is -1.75. The Morgan fingerprint density at radius 2 is 2.18 bits per heavy atom. The zero-order valence-corrected chi connectivity index (χ0v) is 14.1. The summed E-state index contributed by atoms with van der Waals surface area (Å²) < 4.78 is 4.69. The molecule has 0 aromatic heterocycles. The van der Waals surface area contributed by atoms with Gasteiger partial charge in [-0.15, -0.1) is 0 Å². The number of carbonyl (C=O) groups excluding carboxylic acids is 1. The Bertz CT molecular complexity index is 506. The average Bonchev–Trinajstić information content (AvgIpc) is 2.51. The van der Waals surface area contributed by atoms with E-state index >= 15 is 0 Å². The van der Waals surface area contributed by atoms with Crippen LogP contribution in [0.25, 0.3) is 0 Å². The normalized spacial score (nSPS) is 12.6. The highest BCUT2D eigenvalue weighted by molar-refractivity contribution is 6.30. The lowest BCUT2D eigenvalue weighted by atomic mass is 10.1. The number of benzene rings is 1. The van der Waals surface area contributed by atoms with E-state index in [0.29, 0.717) is 12.5 Å². The topological polar surface area (TPSA) is 62.7 Å². The quantitative estimate of drug-likeness (QED) is 0.458. The maximum Gasteiger partial charge on any atom is 0.310 e. The third-order valence-electron chi connectivity index (χ3n) is 3.07. The summed E-state index contributed by atoms with van der Waals surface area (Å²) in [7, 11) is 1.39. The van der Waals surface area contributed by atoms with Crippen LogP contribution in [-0.4, -0.2) is 38.7 Å². The van der Waals surface area contributed by atoms with Crippen molar-refractivity contribution < 1.29 is 9.53 Å². The largest absolute Gasteiger partial charge is 0.469 e. The van der Waals surface area contributed by atoms with Crippen LogP contribution in [0.3, 0.4) is 0 Å². The standard InChI is InChI=1S/C16H24ClN3O2/c1-4-18-16(20-11-12(2)15(21)22-3)19-9-8-13-6-5-7-14(17)10-13/h5-7,10,12H,4,8-9,11H2,1-3H3,(H2,18,19,20). The number of guanidine groups is 1. The van der Waals surface area contributed by atoms with E-state index in [2.05, 4.69) is 15.6 Å². The van der Waals surface area contributed by atoms with Crippen molar-refractivity contribution in [3.05, 3.63) is 34.9 Å². The molecular weight excluding hydrogens is 302 g/mol. The fourth-order valence-corrected chi connectivity index (χ4v) is 2.08. The molecule has 0 aliphatic rings. The highest BCUT2D eigenvalue weighted by atomic mass is 35.5. The van der Waals surface area contributed by atoms with Gasteiger partial charge in [-0.25, -0.2) is 0 Å². The Balaban J connectivity index is 2.48. The minimum absolute atomic E-state index is 0.251. The summed E-state index contributed by atoms with van der Waals surface area (Å²) >= 11 is 5.96. The summed E-state index contributed by atoms with van der Waals surface area (Å²) in [6.45, 7) is 5.68. The number of rotatable bonds is 7. The van der Waals surface area contributed by atoms with E-state index in [1.807, 2.05) is 31.2 Å². The van der Waals surface area contributed by atoms with Gasteiger partial charge in [0.25, 0.3) is 0 Å². The van der Waals surface area contributed by atoms with Crippen molar-refractivity contribution in [1.29, 1.82) is 0 Å². The van der Waals surface area contributed by atoms with Gasteiger partial charge in [-0.1, -0.05) is 30.7 Å². The van der Waals surface area contributed by atoms with Gasteiger partial charge in [-0.3, -0.25) is 9.79 Å². The van der Waals surface area contributed by atoms with Crippen LogP contribution < -0.4 is 10.6 Å². The van der Waals surface area contributed by atoms with Crippen LogP contribution in [0, 0.1) is 5.92 Å². The zero-order valence-electron chi connectivity index (χ0n) is 13.4. The number of ether oxygens (including phenoxy) is 1. The van der Waals surface area contributed by atoms with Crippen LogP contribution in [0.2, 0.25) is 5.02 Å². The van der Waals surface area contributed by atoms with Crippen LogP contribution in [-0.2, 0) is 16.0 Å². The highest BCUT2D eigenvalue weighted by Crippen LogP contribution is 2.10. The first kappa shape index (κ1) is 18.3. The predicted molar refractivity (Wildman–Crippen MR) is 90.3 cm³/mol. The van der Waals surface area contributed by atoms with Gasteiger partial charge in [0.05, 0.1) is 19.6 Å². The minimum Gasteiger partial charge on any atom is -0.469 e. The number of esters is 1. The van der Waals surface area contributed by atoms with E-state index in [1.54, 1.807) is 6.92 Å². The summed E-state index contributed by atoms with van der Waals surface area (Å²) in [6.07, 6.45) is 0.845. The number of methoxy groups -OCH3 is 1. The first-order chi connectivity index (χ1) is 10.6. The van der Waals surface area contributed by atoms with Gasteiger partial charge in [-0.2, -0.15) is 0 Å². The Labute approximate surface area is 137 Å². The van der Waals surface area contributed by atoms with Crippen LogP contribution in [0.4, 0.5) is 0 Å². The fourth-order valence-electron chi connectivity index (χ4n) is 1.86. The number of nitrogens with one attached hydrogen (secondary N) is 2. The molecule has 0 aliphatic carbocycles. The summed E-state index contributed by atoms with van der Waals surface area (Å²) in [5.41, 5.74) is 1.17. The van der Waals surface area contributed by atoms with Crippen molar-refractivity contribution in [1.82, 2.24) is 10.6 Å². The molecule has 0 amide bonds. The SMILES string of the molecule is CCNC(=NCC(C)C(=O)OC)NCCc1cccc(Cl)c1. The first-order valence-electron chi connectivity index (χ1n) is 7.41. The molecule has 2 N–H and O–H groups in total. The third kappa shape index (κ3) is 6.80. The minimum atomic E-state index is -0.256. The van der Waals surface area contributed by atoms with Gasteiger partial charge in [0.15, 0.2) is 5.96 Å². The van der Waals surface area contributed by atoms with Crippen LogP contribution in [0.15, 0.2) is 29.3 Å². The second-order valence-electron chi connectivity index (χ2n) is 4.95. The van der Waals surface area contributed by atoms with E-state index in [-0.39, 0.29) is 11.9 Å². The molecule has 22 heavy (non-hydrogen) atoms. The molecule has 0 fully saturated rings. The summed E-state index contributed by atoms with van der Waals surface area (Å²) in [5.74, 6) is 0.187. The molecule has 0 saturated heterocycles. The maximum atomic E-state index is 11.4. The van der Waals surface area contributed by atoms with E-state index in [9.17, 15) is 4.79 Å². The van der Waals surface area contributed by atoms with Crippen molar-refractivity contribution in [3.63, 3.8) is 0 Å². The highest BCUT2D eigenvalue weighted by Gasteiger charge is 2.12. The van der Waals surface area contributed by atoms with Gasteiger partial charge < -0.3 is 15.4 Å². The second-order valence-corrected chi connectivity index (χ2v) is 5.39. The van der Waals surface area contributed by atoms with Gasteiger partial charge in [0.2, 0.25) is 0 Å². The van der Waals surface area contributed by atoms with Crippen molar-refractivity contribution in [3.8, 4) is 0 Å². The number of hydrogen-bond acceptors (Lipinski definition) is 3. The van der Waals surface area contributed by atoms with E-state index in [0.717, 1.165) is 24.5 Å². The van der Waals surface area contributed by atoms with E-state index < -0.39 is 0 Å².